The third kappa shape index (κ3) is 3.07. The van der Waals surface area contributed by atoms with Gasteiger partial charge in [-0.1, -0.05) is 12.1 Å². The van der Waals surface area contributed by atoms with E-state index in [2.05, 4.69) is 0 Å². The van der Waals surface area contributed by atoms with E-state index < -0.39 is 23.5 Å². The summed E-state index contributed by atoms with van der Waals surface area (Å²) in [6, 6.07) is 9.37. The van der Waals surface area contributed by atoms with Gasteiger partial charge in [0.2, 0.25) is 0 Å². The molecule has 27 heavy (non-hydrogen) atoms. The first-order chi connectivity index (χ1) is 12.6. The van der Waals surface area contributed by atoms with E-state index in [1.165, 1.54) is 13.3 Å². The number of hydrogen-bond acceptors (Lipinski definition) is 6. The van der Waals surface area contributed by atoms with Crippen LogP contribution in [0.4, 0.5) is 5.69 Å². The van der Waals surface area contributed by atoms with Crippen LogP contribution in [0.15, 0.2) is 30.5 Å². The van der Waals surface area contributed by atoms with Crippen molar-refractivity contribution < 1.29 is 19.0 Å². The molecule has 142 valence electrons. The lowest BCUT2D eigenvalue weighted by atomic mass is 9.90. The summed E-state index contributed by atoms with van der Waals surface area (Å²) >= 11 is 0. The van der Waals surface area contributed by atoms with E-state index in [0.29, 0.717) is 5.69 Å². The van der Waals surface area contributed by atoms with E-state index in [9.17, 15) is 10.1 Å². The maximum absolute atomic E-state index is 12.2. The lowest BCUT2D eigenvalue weighted by Gasteiger charge is -2.30. The quantitative estimate of drug-likeness (QED) is 0.833. The van der Waals surface area contributed by atoms with Crippen LogP contribution in [-0.2, 0) is 14.2 Å². The Labute approximate surface area is 158 Å². The smallest absolute Gasteiger partial charge is 0.357 e. The van der Waals surface area contributed by atoms with Gasteiger partial charge in [0, 0.05) is 17.4 Å². The Morgan fingerprint density at radius 3 is 2.44 bits per heavy atom. The van der Waals surface area contributed by atoms with E-state index in [1.54, 1.807) is 4.57 Å². The van der Waals surface area contributed by atoms with Crippen molar-refractivity contribution in [3.63, 3.8) is 0 Å². The zero-order chi connectivity index (χ0) is 20.0. The van der Waals surface area contributed by atoms with Crippen LogP contribution in [0.3, 0.4) is 0 Å². The van der Waals surface area contributed by atoms with Crippen LogP contribution in [0.25, 0.3) is 5.69 Å². The van der Waals surface area contributed by atoms with Gasteiger partial charge in [0.15, 0.2) is 12.0 Å². The van der Waals surface area contributed by atoms with Gasteiger partial charge in [-0.2, -0.15) is 5.26 Å². The fourth-order valence-electron chi connectivity index (χ4n) is 2.92. The largest absolute Gasteiger partial charge is 0.464 e. The molecule has 0 atom stereocenters. The Balaban J connectivity index is 2.06. The lowest BCUT2D eigenvalue weighted by molar-refractivity contribution is -0.0895. The second-order valence-corrected chi connectivity index (χ2v) is 7.46. The highest BCUT2D eigenvalue weighted by Gasteiger charge is 2.49. The zero-order valence-electron chi connectivity index (χ0n) is 16.1. The highest BCUT2D eigenvalue weighted by molar-refractivity contribution is 5.95. The Morgan fingerprint density at radius 2 is 1.89 bits per heavy atom. The normalized spacial score (nSPS) is 18.2. The number of carbonyl (C=O) groups excluding carboxylic acids is 1. The summed E-state index contributed by atoms with van der Waals surface area (Å²) in [5, 5.41) is 9.26. The zero-order valence-corrected chi connectivity index (χ0v) is 16.1. The molecule has 0 radical (unpaired) electrons. The maximum atomic E-state index is 12.2. The molecular weight excluding hydrogens is 346 g/mol. The average molecular weight is 369 g/mol. The predicted octanol–water partition coefficient (Wildman–Crippen LogP) is 3.32. The summed E-state index contributed by atoms with van der Waals surface area (Å²) in [6.45, 7) is 7.94. The molecule has 1 aromatic heterocycles. The molecule has 3 rings (SSSR count). The first-order valence-electron chi connectivity index (χ1n) is 8.56. The molecule has 2 N–H and O–H groups in total. The molecule has 0 aliphatic carbocycles. The lowest BCUT2D eigenvalue weighted by Crippen LogP contribution is -2.41. The second kappa shape index (κ2) is 6.41. The first-order valence-corrected chi connectivity index (χ1v) is 8.56. The monoisotopic (exact) mass is 369 g/mol. The Kier molecular flexibility index (Phi) is 4.50. The summed E-state index contributed by atoms with van der Waals surface area (Å²) in [5.74, 6) is -0.616. The van der Waals surface area contributed by atoms with E-state index >= 15 is 0 Å². The SMILES string of the molecule is COC(=O)c1c(N)c(C#N)cn1-c1cccc(C2OC(C)(C)C(C)(C)O2)c1. The fraction of sp³-hybridized carbons (Fsp3) is 0.400. The van der Waals surface area contributed by atoms with Crippen LogP contribution < -0.4 is 5.73 Å². The van der Waals surface area contributed by atoms with Crippen molar-refractivity contribution in [2.45, 2.75) is 45.2 Å². The number of anilines is 1. The van der Waals surface area contributed by atoms with Crippen LogP contribution in [0.5, 0.6) is 0 Å². The van der Waals surface area contributed by atoms with Gasteiger partial charge in [0.1, 0.15) is 6.07 Å². The van der Waals surface area contributed by atoms with Crippen LogP contribution in [0.1, 0.15) is 55.6 Å². The minimum atomic E-state index is -0.616. The van der Waals surface area contributed by atoms with Crippen LogP contribution in [-0.4, -0.2) is 28.8 Å². The number of carbonyl (C=O) groups is 1. The molecule has 1 aromatic carbocycles. The van der Waals surface area contributed by atoms with Crippen molar-refractivity contribution in [3.8, 4) is 11.8 Å². The van der Waals surface area contributed by atoms with Gasteiger partial charge < -0.3 is 24.5 Å². The molecule has 1 saturated heterocycles. The number of nitrogen functional groups attached to an aromatic ring is 1. The van der Waals surface area contributed by atoms with Crippen LogP contribution >= 0.6 is 0 Å². The van der Waals surface area contributed by atoms with Gasteiger partial charge in [-0.3, -0.25) is 0 Å². The highest BCUT2D eigenvalue weighted by Crippen LogP contribution is 2.45. The number of aromatic nitrogens is 1. The number of methoxy groups -OCH3 is 1. The van der Waals surface area contributed by atoms with Crippen molar-refractivity contribution in [2.24, 2.45) is 0 Å². The average Bonchev–Trinajstić information content (AvgIpc) is 3.07. The third-order valence-electron chi connectivity index (χ3n) is 5.22. The number of hydrogen-bond donors (Lipinski definition) is 1. The van der Waals surface area contributed by atoms with Crippen molar-refractivity contribution in [3.05, 3.63) is 47.3 Å². The molecule has 0 spiro atoms. The minimum Gasteiger partial charge on any atom is -0.464 e. The van der Waals surface area contributed by atoms with Crippen molar-refractivity contribution in [2.75, 3.05) is 12.8 Å². The van der Waals surface area contributed by atoms with Gasteiger partial charge in [-0.15, -0.1) is 0 Å². The molecule has 1 fully saturated rings. The number of ether oxygens (including phenoxy) is 3. The van der Waals surface area contributed by atoms with E-state index in [1.807, 2.05) is 58.0 Å². The molecule has 7 heteroatoms. The van der Waals surface area contributed by atoms with Crippen LogP contribution in [0, 0.1) is 11.3 Å². The number of nitriles is 1. The van der Waals surface area contributed by atoms with Gasteiger partial charge in [0.05, 0.1) is 29.6 Å². The maximum Gasteiger partial charge on any atom is 0.357 e. The van der Waals surface area contributed by atoms with E-state index in [-0.39, 0.29) is 16.9 Å². The molecule has 0 bridgehead atoms. The van der Waals surface area contributed by atoms with E-state index in [0.717, 1.165) is 5.56 Å². The number of nitrogens with two attached hydrogens (primary N) is 1. The Bertz CT molecular complexity index is 921. The van der Waals surface area contributed by atoms with Gasteiger partial charge in [0.25, 0.3) is 0 Å². The van der Waals surface area contributed by atoms with Crippen molar-refractivity contribution in [1.29, 1.82) is 5.26 Å². The van der Waals surface area contributed by atoms with Crippen molar-refractivity contribution >= 4 is 11.7 Å². The molecule has 1 aliphatic heterocycles. The topological polar surface area (TPSA) is 99.5 Å². The third-order valence-corrected chi connectivity index (χ3v) is 5.22. The summed E-state index contributed by atoms with van der Waals surface area (Å²) in [7, 11) is 1.27. The molecule has 2 heterocycles. The second-order valence-electron chi connectivity index (χ2n) is 7.46. The van der Waals surface area contributed by atoms with Gasteiger partial charge in [-0.05, 0) is 39.8 Å². The van der Waals surface area contributed by atoms with Gasteiger partial charge >= 0.3 is 5.97 Å². The van der Waals surface area contributed by atoms with Crippen molar-refractivity contribution in [1.82, 2.24) is 4.57 Å². The fourth-order valence-corrected chi connectivity index (χ4v) is 2.92. The van der Waals surface area contributed by atoms with Crippen LogP contribution in [0.2, 0.25) is 0 Å². The number of rotatable bonds is 3. The number of esters is 1. The van der Waals surface area contributed by atoms with E-state index in [4.69, 9.17) is 19.9 Å². The molecule has 0 unspecified atom stereocenters. The molecule has 1 aliphatic rings. The molecule has 0 amide bonds. The Morgan fingerprint density at radius 1 is 1.26 bits per heavy atom. The summed E-state index contributed by atoms with van der Waals surface area (Å²) in [4.78, 5) is 12.2. The number of benzene rings is 1. The predicted molar refractivity (Wildman–Crippen MR) is 99.3 cm³/mol. The minimum absolute atomic E-state index is 0.0883. The standard InChI is InChI=1S/C20H23N3O4/c1-19(2)20(3,4)27-18(26-19)12-7-6-8-14(9-12)23-11-13(10-21)15(22)16(23)17(24)25-5/h6-9,11,18H,22H2,1-5H3. The summed E-state index contributed by atoms with van der Waals surface area (Å²) in [5.41, 5.74) is 6.90. The molecule has 2 aromatic rings. The summed E-state index contributed by atoms with van der Waals surface area (Å²) in [6.07, 6.45) is 0.977. The molecule has 7 nitrogen and oxygen atoms in total. The molecule has 0 saturated carbocycles. The summed E-state index contributed by atoms with van der Waals surface area (Å²) < 4.78 is 18.6. The number of nitrogens with zero attached hydrogens (tertiary/aromatic N) is 2. The first kappa shape index (κ1) is 19.0. The highest BCUT2D eigenvalue weighted by atomic mass is 16.7. The van der Waals surface area contributed by atoms with Gasteiger partial charge in [-0.25, -0.2) is 4.79 Å². The Hall–Kier alpha value is -2.82. The molecular formula is C20H23N3O4.